The van der Waals surface area contributed by atoms with Crippen molar-refractivity contribution < 1.29 is 29.3 Å². The Morgan fingerprint density at radius 2 is 2.04 bits per heavy atom. The number of aliphatic hydroxyl groups is 1. The lowest BCUT2D eigenvalue weighted by atomic mass is 9.73. The highest BCUT2D eigenvalue weighted by Crippen LogP contribution is 2.47. The van der Waals surface area contributed by atoms with Gasteiger partial charge in [-0.15, -0.1) is 11.3 Å². The first-order valence-corrected chi connectivity index (χ1v) is 18.6. The number of phenols is 1. The number of benzene rings is 1. The molecule has 49 heavy (non-hydrogen) atoms. The maximum atomic E-state index is 13.3. The minimum atomic E-state index is -0.591. The third-order valence-corrected chi connectivity index (χ3v) is 10.9. The van der Waals surface area contributed by atoms with Crippen LogP contribution in [0.1, 0.15) is 87.6 Å². The molecule has 0 saturated carbocycles. The number of nitrogens with one attached hydrogen (secondary N) is 2. The number of aromatic hydroxyl groups is 1. The molecule has 1 aromatic carbocycles. The van der Waals surface area contributed by atoms with Crippen molar-refractivity contribution in [3.63, 3.8) is 0 Å². The summed E-state index contributed by atoms with van der Waals surface area (Å²) < 4.78 is 11.7. The standard InChI is InChI=1S/C38H49N3O6S2/c1-5-6-7-9-25-17-32(43)35(29-16-24(4)11-13-28(29)23(2)3)33(18-25)47-38(48)39-20-26-12-14-30-36(37(45)41(30)31(26)21-46-22-42)40-34(44)19-27-10-8-15-49-27/h8,10,15-18,28-30,36,42-43H,2,5-7,9,11-14,19-22H2,1,3-4H3,(H,39,48)(H,40,44)/t28-,29+,30+,36-/m0/s1. The predicted octanol–water partition coefficient (Wildman–Crippen LogP) is 6.41. The lowest BCUT2D eigenvalue weighted by Crippen LogP contribution is -2.71. The van der Waals surface area contributed by atoms with Crippen LogP contribution >= 0.6 is 23.6 Å². The maximum Gasteiger partial charge on any atom is 0.262 e. The fourth-order valence-corrected chi connectivity index (χ4v) is 8.17. The molecule has 4 atom stereocenters. The van der Waals surface area contributed by atoms with Gasteiger partial charge in [0.05, 0.1) is 19.1 Å². The normalized spacial score (nSPS) is 21.8. The van der Waals surface area contributed by atoms with E-state index in [9.17, 15) is 19.8 Å². The monoisotopic (exact) mass is 707 g/mol. The molecule has 1 saturated heterocycles. The van der Waals surface area contributed by atoms with Gasteiger partial charge in [-0.25, -0.2) is 0 Å². The molecule has 2 aromatic rings. The zero-order chi connectivity index (χ0) is 35.1. The molecule has 0 bridgehead atoms. The molecule has 264 valence electrons. The van der Waals surface area contributed by atoms with E-state index < -0.39 is 12.8 Å². The number of ether oxygens (including phenoxy) is 2. The van der Waals surface area contributed by atoms with Gasteiger partial charge in [-0.2, -0.15) is 0 Å². The number of nitrogens with zero attached hydrogens (tertiary/aromatic N) is 1. The number of thiophene rings is 1. The molecular formula is C38H49N3O6S2. The molecule has 4 N–H and O–H groups in total. The second-order valence-corrected chi connectivity index (χ2v) is 14.8. The number of allylic oxidation sites excluding steroid dienone is 3. The van der Waals surface area contributed by atoms with Crippen molar-refractivity contribution in [3.05, 3.63) is 80.7 Å². The number of phenolic OH excluding ortho intramolecular Hbond substituents is 1. The van der Waals surface area contributed by atoms with E-state index in [1.54, 1.807) is 4.90 Å². The number of carbonyl (C=O) groups is 2. The highest BCUT2D eigenvalue weighted by Gasteiger charge is 2.51. The molecule has 2 aliphatic heterocycles. The molecule has 3 aliphatic rings. The minimum absolute atomic E-state index is 0.0483. The third-order valence-electron chi connectivity index (χ3n) is 9.83. The molecule has 0 unspecified atom stereocenters. The van der Waals surface area contributed by atoms with Crippen LogP contribution in [0.5, 0.6) is 11.5 Å². The van der Waals surface area contributed by atoms with Gasteiger partial charge in [-0.1, -0.05) is 49.6 Å². The van der Waals surface area contributed by atoms with E-state index in [-0.39, 0.29) is 53.6 Å². The average Bonchev–Trinajstić information content (AvgIpc) is 3.58. The van der Waals surface area contributed by atoms with Crippen LogP contribution < -0.4 is 15.4 Å². The van der Waals surface area contributed by atoms with Crippen LogP contribution in [0, 0.1) is 5.92 Å². The summed E-state index contributed by atoms with van der Waals surface area (Å²) in [4.78, 5) is 28.6. The fourth-order valence-electron chi connectivity index (χ4n) is 7.30. The molecule has 5 rings (SSSR count). The summed E-state index contributed by atoms with van der Waals surface area (Å²) in [5.74, 6) is 0.432. The number of carbonyl (C=O) groups excluding carboxylic acids is 2. The summed E-state index contributed by atoms with van der Waals surface area (Å²) in [6.07, 6.45) is 9.74. The van der Waals surface area contributed by atoms with E-state index in [2.05, 4.69) is 37.1 Å². The largest absolute Gasteiger partial charge is 0.507 e. The number of aryl methyl sites for hydroxylation is 1. The summed E-state index contributed by atoms with van der Waals surface area (Å²) in [6, 6.07) is 6.89. The number of fused-ring (bicyclic) bond motifs is 1. The Bertz CT molecular complexity index is 1600. The van der Waals surface area contributed by atoms with Crippen molar-refractivity contribution in [1.29, 1.82) is 0 Å². The van der Waals surface area contributed by atoms with Crippen molar-refractivity contribution in [2.45, 2.75) is 96.6 Å². The van der Waals surface area contributed by atoms with Crippen molar-refractivity contribution >= 4 is 40.5 Å². The van der Waals surface area contributed by atoms with Crippen molar-refractivity contribution in [2.24, 2.45) is 5.92 Å². The molecule has 11 heteroatoms. The van der Waals surface area contributed by atoms with Crippen LogP contribution in [0.3, 0.4) is 0 Å². The number of hydrogen-bond donors (Lipinski definition) is 4. The zero-order valence-electron chi connectivity index (χ0n) is 28.8. The highest BCUT2D eigenvalue weighted by atomic mass is 32.1. The molecule has 0 radical (unpaired) electrons. The summed E-state index contributed by atoms with van der Waals surface area (Å²) in [7, 11) is 0. The van der Waals surface area contributed by atoms with Crippen LogP contribution in [0.4, 0.5) is 0 Å². The van der Waals surface area contributed by atoms with E-state index in [4.69, 9.17) is 21.7 Å². The minimum Gasteiger partial charge on any atom is -0.507 e. The number of β-lactam (4-membered cyclic amide) rings is 1. The maximum absolute atomic E-state index is 13.3. The molecule has 3 heterocycles. The van der Waals surface area contributed by atoms with E-state index in [1.165, 1.54) is 16.9 Å². The Labute approximate surface area is 299 Å². The average molecular weight is 708 g/mol. The predicted molar refractivity (Wildman–Crippen MR) is 196 cm³/mol. The Balaban J connectivity index is 1.32. The Morgan fingerprint density at radius 1 is 1.22 bits per heavy atom. The molecular weight excluding hydrogens is 659 g/mol. The van der Waals surface area contributed by atoms with Gasteiger partial charge in [0.2, 0.25) is 5.91 Å². The van der Waals surface area contributed by atoms with Crippen LogP contribution in [0.15, 0.2) is 64.7 Å². The number of thiocarbonyl (C=S) groups is 1. The van der Waals surface area contributed by atoms with Gasteiger partial charge in [-0.3, -0.25) is 9.59 Å². The van der Waals surface area contributed by atoms with Gasteiger partial charge in [0, 0.05) is 28.6 Å². The van der Waals surface area contributed by atoms with Crippen LogP contribution in [0.2, 0.25) is 0 Å². The summed E-state index contributed by atoms with van der Waals surface area (Å²) in [5, 5.41) is 29.1. The zero-order valence-corrected chi connectivity index (χ0v) is 30.4. The fraction of sp³-hybridized carbons (Fsp3) is 0.500. The Hall–Kier alpha value is -3.51. The van der Waals surface area contributed by atoms with Gasteiger partial charge in [0.25, 0.3) is 11.1 Å². The molecule has 1 fully saturated rings. The number of amides is 2. The molecule has 9 nitrogen and oxygen atoms in total. The molecule has 1 aromatic heterocycles. The van der Waals surface area contributed by atoms with Gasteiger partial charge in [-0.05, 0) is 105 Å². The molecule has 1 aliphatic carbocycles. The van der Waals surface area contributed by atoms with Crippen molar-refractivity contribution in [3.8, 4) is 11.5 Å². The van der Waals surface area contributed by atoms with Crippen molar-refractivity contribution in [1.82, 2.24) is 15.5 Å². The van der Waals surface area contributed by atoms with Gasteiger partial charge in [0.15, 0.2) is 0 Å². The number of unbranched alkanes of at least 4 members (excludes halogenated alkanes) is 2. The molecule has 0 spiro atoms. The number of aliphatic hydroxyl groups excluding tert-OH is 1. The summed E-state index contributed by atoms with van der Waals surface area (Å²) in [6.45, 7) is 10.5. The first-order valence-electron chi connectivity index (χ1n) is 17.3. The second-order valence-electron chi connectivity index (χ2n) is 13.4. The lowest BCUT2D eigenvalue weighted by Gasteiger charge is -2.51. The van der Waals surface area contributed by atoms with E-state index >= 15 is 0 Å². The smallest absolute Gasteiger partial charge is 0.262 e. The van der Waals surface area contributed by atoms with Gasteiger partial charge in [0.1, 0.15) is 24.3 Å². The van der Waals surface area contributed by atoms with Gasteiger partial charge < -0.3 is 35.2 Å². The summed E-state index contributed by atoms with van der Waals surface area (Å²) >= 11 is 7.23. The number of hydrogen-bond acceptors (Lipinski definition) is 8. The van der Waals surface area contributed by atoms with Crippen LogP contribution in [-0.4, -0.2) is 64.1 Å². The quantitative estimate of drug-likeness (QED) is 0.0552. The van der Waals surface area contributed by atoms with Crippen LogP contribution in [0.25, 0.3) is 0 Å². The van der Waals surface area contributed by atoms with E-state index in [0.717, 1.165) is 60.1 Å². The van der Waals surface area contributed by atoms with Crippen molar-refractivity contribution in [2.75, 3.05) is 19.9 Å². The van der Waals surface area contributed by atoms with E-state index in [1.807, 2.05) is 36.6 Å². The third kappa shape index (κ3) is 8.81. The first kappa shape index (κ1) is 36.8. The second kappa shape index (κ2) is 16.9. The van der Waals surface area contributed by atoms with Gasteiger partial charge >= 0.3 is 0 Å². The SMILES string of the molecule is C=C(C)[C@@H]1CCC(C)=C[C@H]1c1c(O)cc(CCCCC)cc1OC(=S)NCC1=C(COCO)N2C(=O)[C@@H](NC(=O)Cc3cccs3)[C@H]2CC1. The number of rotatable bonds is 15. The molecule has 2 amide bonds. The first-order chi connectivity index (χ1) is 23.6. The Morgan fingerprint density at radius 3 is 2.76 bits per heavy atom. The topological polar surface area (TPSA) is 120 Å². The van der Waals surface area contributed by atoms with Crippen LogP contribution in [-0.2, 0) is 27.2 Å². The lowest BCUT2D eigenvalue weighted by molar-refractivity contribution is -0.152. The van der Waals surface area contributed by atoms with E-state index in [0.29, 0.717) is 36.4 Å². The highest BCUT2D eigenvalue weighted by molar-refractivity contribution is 7.80. The summed E-state index contributed by atoms with van der Waals surface area (Å²) in [5.41, 5.74) is 5.62. The Kier molecular flexibility index (Phi) is 12.7.